The fourth-order valence-electron chi connectivity index (χ4n) is 1.65. The molecule has 0 aliphatic carbocycles. The van der Waals surface area contributed by atoms with Crippen LogP contribution in [0, 0.1) is 0 Å². The second-order valence-corrected chi connectivity index (χ2v) is 4.88. The molecule has 1 atom stereocenters. The summed E-state index contributed by atoms with van der Waals surface area (Å²) in [7, 11) is 0. The predicted molar refractivity (Wildman–Crippen MR) is 74.0 cm³/mol. The zero-order valence-corrected chi connectivity index (χ0v) is 11.6. The molecular formula is C14H24N2O2. The highest BCUT2D eigenvalue weighted by Crippen LogP contribution is 2.29. The van der Waals surface area contributed by atoms with E-state index in [-0.39, 0.29) is 18.2 Å². The van der Waals surface area contributed by atoms with Crippen molar-refractivity contribution in [1.82, 2.24) is 0 Å². The van der Waals surface area contributed by atoms with Crippen LogP contribution in [0.3, 0.4) is 0 Å². The van der Waals surface area contributed by atoms with Gasteiger partial charge < -0.3 is 20.9 Å². The Morgan fingerprint density at radius 2 is 1.67 bits per heavy atom. The van der Waals surface area contributed by atoms with Crippen molar-refractivity contribution in [3.8, 4) is 11.5 Å². The van der Waals surface area contributed by atoms with Crippen LogP contribution in [0.4, 0.5) is 0 Å². The lowest BCUT2D eigenvalue weighted by Gasteiger charge is -2.19. The summed E-state index contributed by atoms with van der Waals surface area (Å²) in [6.07, 6.45) is 0.231. The smallest absolute Gasteiger partial charge is 0.124 e. The molecule has 1 aromatic carbocycles. The molecule has 0 aliphatic heterocycles. The second kappa shape index (κ2) is 6.61. The van der Waals surface area contributed by atoms with Gasteiger partial charge in [0.2, 0.25) is 0 Å². The zero-order chi connectivity index (χ0) is 13.7. The van der Waals surface area contributed by atoms with Gasteiger partial charge in [-0.3, -0.25) is 0 Å². The summed E-state index contributed by atoms with van der Waals surface area (Å²) < 4.78 is 11.4. The molecule has 18 heavy (non-hydrogen) atoms. The molecule has 4 heteroatoms. The molecule has 1 aromatic rings. The van der Waals surface area contributed by atoms with Crippen molar-refractivity contribution < 1.29 is 9.47 Å². The lowest BCUT2D eigenvalue weighted by Crippen LogP contribution is -2.22. The molecule has 0 spiro atoms. The summed E-state index contributed by atoms with van der Waals surface area (Å²) in [5.41, 5.74) is 12.5. The second-order valence-electron chi connectivity index (χ2n) is 4.88. The molecule has 0 bridgehead atoms. The predicted octanol–water partition coefficient (Wildman–Crippen LogP) is 2.22. The summed E-state index contributed by atoms with van der Waals surface area (Å²) in [4.78, 5) is 0. The lowest BCUT2D eigenvalue weighted by molar-refractivity contribution is 0.232. The molecule has 1 unspecified atom stereocenters. The molecule has 0 fully saturated rings. The van der Waals surface area contributed by atoms with Crippen molar-refractivity contribution in [1.29, 1.82) is 0 Å². The van der Waals surface area contributed by atoms with Gasteiger partial charge >= 0.3 is 0 Å². The molecule has 102 valence electrons. The molecule has 0 saturated carbocycles. The van der Waals surface area contributed by atoms with Crippen LogP contribution in [0.1, 0.15) is 39.3 Å². The van der Waals surface area contributed by atoms with Gasteiger partial charge in [0.15, 0.2) is 0 Å². The average Bonchev–Trinajstić information content (AvgIpc) is 2.28. The Bertz CT molecular complexity index is 378. The van der Waals surface area contributed by atoms with E-state index >= 15 is 0 Å². The third-order valence-electron chi connectivity index (χ3n) is 2.37. The maximum absolute atomic E-state index is 6.01. The van der Waals surface area contributed by atoms with E-state index in [0.717, 1.165) is 17.1 Å². The lowest BCUT2D eigenvalue weighted by atomic mass is 10.1. The van der Waals surface area contributed by atoms with Crippen molar-refractivity contribution in [2.75, 3.05) is 6.54 Å². The first-order chi connectivity index (χ1) is 8.43. The zero-order valence-electron chi connectivity index (χ0n) is 11.6. The maximum Gasteiger partial charge on any atom is 0.124 e. The van der Waals surface area contributed by atoms with E-state index in [1.165, 1.54) is 0 Å². The normalized spacial score (nSPS) is 12.9. The van der Waals surface area contributed by atoms with Gasteiger partial charge in [-0.05, 0) is 45.9 Å². The van der Waals surface area contributed by atoms with Crippen molar-refractivity contribution in [2.24, 2.45) is 11.5 Å². The Kier molecular flexibility index (Phi) is 5.44. The topological polar surface area (TPSA) is 70.5 Å². The molecule has 4 N–H and O–H groups in total. The van der Waals surface area contributed by atoms with E-state index in [0.29, 0.717) is 6.54 Å². The van der Waals surface area contributed by atoms with Crippen LogP contribution in [0.5, 0.6) is 11.5 Å². The van der Waals surface area contributed by atoms with E-state index in [2.05, 4.69) is 0 Å². The highest BCUT2D eigenvalue weighted by atomic mass is 16.5. The Balaban J connectivity index is 3.03. The van der Waals surface area contributed by atoms with Crippen molar-refractivity contribution in [3.63, 3.8) is 0 Å². The number of benzene rings is 1. The van der Waals surface area contributed by atoms with E-state index in [9.17, 15) is 0 Å². The fraction of sp³-hybridized carbons (Fsp3) is 0.571. The maximum atomic E-state index is 6.01. The van der Waals surface area contributed by atoms with Crippen LogP contribution in [-0.2, 0) is 0 Å². The van der Waals surface area contributed by atoms with Crippen molar-refractivity contribution in [3.05, 3.63) is 23.8 Å². The number of ether oxygens (including phenoxy) is 2. The molecule has 0 aromatic heterocycles. The van der Waals surface area contributed by atoms with Gasteiger partial charge in [0.25, 0.3) is 0 Å². The van der Waals surface area contributed by atoms with Crippen LogP contribution >= 0.6 is 0 Å². The minimum atomic E-state index is -0.241. The molecule has 0 amide bonds. The minimum Gasteiger partial charge on any atom is -0.491 e. The van der Waals surface area contributed by atoms with Gasteiger partial charge in [0, 0.05) is 18.2 Å². The summed E-state index contributed by atoms with van der Waals surface area (Å²) in [5.74, 6) is 1.57. The summed E-state index contributed by atoms with van der Waals surface area (Å²) >= 11 is 0. The average molecular weight is 252 g/mol. The summed E-state index contributed by atoms with van der Waals surface area (Å²) in [5, 5.41) is 0. The van der Waals surface area contributed by atoms with E-state index in [1.54, 1.807) is 0 Å². The van der Waals surface area contributed by atoms with Gasteiger partial charge in [-0.25, -0.2) is 0 Å². The van der Waals surface area contributed by atoms with Crippen molar-refractivity contribution in [2.45, 2.75) is 45.9 Å². The quantitative estimate of drug-likeness (QED) is 0.814. The van der Waals surface area contributed by atoms with E-state index in [4.69, 9.17) is 20.9 Å². The monoisotopic (exact) mass is 252 g/mol. The molecule has 0 radical (unpaired) electrons. The highest BCUT2D eigenvalue weighted by molar-refractivity contribution is 5.42. The molecule has 4 nitrogen and oxygen atoms in total. The number of rotatable bonds is 6. The van der Waals surface area contributed by atoms with Gasteiger partial charge in [0.05, 0.1) is 12.2 Å². The molecule has 0 aliphatic rings. The van der Waals surface area contributed by atoms with E-state index < -0.39 is 0 Å². The van der Waals surface area contributed by atoms with Crippen LogP contribution in [0.2, 0.25) is 0 Å². The molecular weight excluding hydrogens is 228 g/mol. The Hall–Kier alpha value is -1.26. The molecule has 1 rings (SSSR count). The standard InChI is InChI=1S/C14H24N2O2/c1-9(2)17-11-5-6-14(18-10(3)4)12(7-11)13(16)8-15/h5-7,9-10,13H,8,15-16H2,1-4H3. The largest absolute Gasteiger partial charge is 0.491 e. The first-order valence-corrected chi connectivity index (χ1v) is 6.37. The van der Waals surface area contributed by atoms with Gasteiger partial charge in [-0.1, -0.05) is 0 Å². The van der Waals surface area contributed by atoms with Crippen molar-refractivity contribution >= 4 is 0 Å². The van der Waals surface area contributed by atoms with Crippen LogP contribution in [-0.4, -0.2) is 18.8 Å². The minimum absolute atomic E-state index is 0.102. The summed E-state index contributed by atoms with van der Waals surface area (Å²) in [6, 6.07) is 5.46. The van der Waals surface area contributed by atoms with Crippen LogP contribution in [0.25, 0.3) is 0 Å². The van der Waals surface area contributed by atoms with Crippen LogP contribution in [0.15, 0.2) is 18.2 Å². The Labute approximate surface area is 109 Å². The first-order valence-electron chi connectivity index (χ1n) is 6.37. The van der Waals surface area contributed by atoms with Crippen LogP contribution < -0.4 is 20.9 Å². The number of hydrogen-bond acceptors (Lipinski definition) is 4. The van der Waals surface area contributed by atoms with Gasteiger partial charge in [-0.15, -0.1) is 0 Å². The SMILES string of the molecule is CC(C)Oc1ccc(OC(C)C)c(C(N)CN)c1. The third kappa shape index (κ3) is 4.20. The Morgan fingerprint density at radius 1 is 1.06 bits per heavy atom. The fourth-order valence-corrected chi connectivity index (χ4v) is 1.65. The number of hydrogen-bond donors (Lipinski definition) is 2. The Morgan fingerprint density at radius 3 is 2.17 bits per heavy atom. The summed E-state index contributed by atoms with van der Waals surface area (Å²) in [6.45, 7) is 8.31. The van der Waals surface area contributed by atoms with Gasteiger partial charge in [-0.2, -0.15) is 0 Å². The van der Waals surface area contributed by atoms with E-state index in [1.807, 2.05) is 45.9 Å². The molecule has 0 heterocycles. The highest BCUT2D eigenvalue weighted by Gasteiger charge is 2.14. The van der Waals surface area contributed by atoms with Gasteiger partial charge in [0.1, 0.15) is 11.5 Å². The first kappa shape index (κ1) is 14.8. The molecule has 0 saturated heterocycles. The number of nitrogens with two attached hydrogens (primary N) is 2. The third-order valence-corrected chi connectivity index (χ3v) is 2.37.